The van der Waals surface area contributed by atoms with Gasteiger partial charge in [0.05, 0.1) is 12.8 Å². The van der Waals surface area contributed by atoms with Crippen molar-refractivity contribution in [3.63, 3.8) is 0 Å². The Bertz CT molecular complexity index is 885. The molecule has 3 aromatic rings. The highest BCUT2D eigenvalue weighted by Gasteiger charge is 2.27. The lowest BCUT2D eigenvalue weighted by Crippen LogP contribution is -2.41. The number of rotatable bonds is 6. The molecule has 0 saturated carbocycles. The van der Waals surface area contributed by atoms with Crippen molar-refractivity contribution >= 4 is 5.91 Å². The fourth-order valence-corrected chi connectivity index (χ4v) is 4.05. The summed E-state index contributed by atoms with van der Waals surface area (Å²) < 4.78 is 7.06. The van der Waals surface area contributed by atoms with Crippen LogP contribution in [-0.4, -0.2) is 52.6 Å². The second kappa shape index (κ2) is 9.01. The number of aromatic nitrogens is 3. The van der Waals surface area contributed by atoms with Gasteiger partial charge in [0.1, 0.15) is 6.04 Å². The Morgan fingerprint density at radius 2 is 1.76 bits per heavy atom. The van der Waals surface area contributed by atoms with E-state index in [1.165, 1.54) is 0 Å². The Balaban J connectivity index is 1.60. The molecule has 0 aliphatic carbocycles. The lowest BCUT2D eigenvalue weighted by molar-refractivity contribution is 0.0565. The molecule has 150 valence electrons. The van der Waals surface area contributed by atoms with Crippen molar-refractivity contribution in [3.05, 3.63) is 83.7 Å². The van der Waals surface area contributed by atoms with E-state index in [1.807, 2.05) is 41.3 Å². The number of nitrogens with zero attached hydrogens (tertiary/aromatic N) is 4. The van der Waals surface area contributed by atoms with Gasteiger partial charge in [0.2, 0.25) is 0 Å². The van der Waals surface area contributed by atoms with Gasteiger partial charge in [-0.2, -0.15) is 0 Å². The van der Waals surface area contributed by atoms with Gasteiger partial charge in [-0.1, -0.05) is 65.9 Å². The molecule has 1 aromatic heterocycles. The molecular weight excluding hydrogens is 364 g/mol. The molecule has 2 aromatic carbocycles. The molecule has 1 amide bonds. The lowest BCUT2D eigenvalue weighted by Gasteiger charge is -2.31. The summed E-state index contributed by atoms with van der Waals surface area (Å²) in [6.07, 6.45) is 3.85. The smallest absolute Gasteiger partial charge is 0.276 e. The Labute approximate surface area is 171 Å². The number of likely N-dealkylation sites (tertiary alicyclic amines) is 1. The number of hydrogen-bond acceptors (Lipinski definition) is 4. The van der Waals surface area contributed by atoms with E-state index >= 15 is 0 Å². The number of benzene rings is 2. The monoisotopic (exact) mass is 390 g/mol. The van der Waals surface area contributed by atoms with Crippen LogP contribution in [0, 0.1) is 5.92 Å². The molecule has 1 fully saturated rings. The van der Waals surface area contributed by atoms with Gasteiger partial charge in [0, 0.05) is 20.2 Å². The van der Waals surface area contributed by atoms with Crippen molar-refractivity contribution in [1.29, 1.82) is 0 Å². The average Bonchev–Trinajstić information content (AvgIpc) is 3.25. The van der Waals surface area contributed by atoms with Gasteiger partial charge >= 0.3 is 0 Å². The van der Waals surface area contributed by atoms with Crippen LogP contribution in [0.2, 0.25) is 0 Å². The van der Waals surface area contributed by atoms with Crippen molar-refractivity contribution in [3.8, 4) is 0 Å². The minimum absolute atomic E-state index is 0.0584. The van der Waals surface area contributed by atoms with Crippen molar-refractivity contribution in [2.45, 2.75) is 18.9 Å². The van der Waals surface area contributed by atoms with E-state index in [2.05, 4.69) is 34.6 Å². The number of amides is 1. The maximum atomic E-state index is 13.0. The average molecular weight is 390 g/mol. The summed E-state index contributed by atoms with van der Waals surface area (Å²) in [6.45, 7) is 2.15. The number of carbonyl (C=O) groups excluding carboxylic acids is 1. The minimum Gasteiger partial charge on any atom is -0.384 e. The van der Waals surface area contributed by atoms with Gasteiger partial charge in [-0.15, -0.1) is 5.10 Å². The Morgan fingerprint density at radius 1 is 1.10 bits per heavy atom. The largest absolute Gasteiger partial charge is 0.384 e. The van der Waals surface area contributed by atoms with Gasteiger partial charge in [0.15, 0.2) is 5.69 Å². The van der Waals surface area contributed by atoms with Crippen LogP contribution in [0.15, 0.2) is 66.9 Å². The highest BCUT2D eigenvalue weighted by Crippen LogP contribution is 2.26. The zero-order chi connectivity index (χ0) is 20.1. The standard InChI is InChI=1S/C23H26N4O2/c1-29-17-18-9-8-14-26(15-18)23(28)21-16-27(25-24-21)22(19-10-4-2-5-11-19)20-12-6-3-7-13-20/h2-7,10-13,16,18,22H,8-9,14-15,17H2,1H3/t18-/m0/s1. The third kappa shape index (κ3) is 4.38. The molecule has 0 radical (unpaired) electrons. The lowest BCUT2D eigenvalue weighted by atomic mass is 9.98. The van der Waals surface area contributed by atoms with Gasteiger partial charge in [-0.05, 0) is 29.9 Å². The van der Waals surface area contributed by atoms with E-state index in [0.717, 1.165) is 30.5 Å². The zero-order valence-electron chi connectivity index (χ0n) is 16.6. The number of methoxy groups -OCH3 is 1. The van der Waals surface area contributed by atoms with Crippen LogP contribution in [0.3, 0.4) is 0 Å². The third-order valence-corrected chi connectivity index (χ3v) is 5.43. The van der Waals surface area contributed by atoms with Gasteiger partial charge < -0.3 is 9.64 Å². The summed E-state index contributed by atoms with van der Waals surface area (Å²) in [4.78, 5) is 14.9. The summed E-state index contributed by atoms with van der Waals surface area (Å²) in [5.41, 5.74) is 2.58. The molecule has 6 nitrogen and oxygen atoms in total. The van der Waals surface area contributed by atoms with Crippen LogP contribution in [0.4, 0.5) is 0 Å². The van der Waals surface area contributed by atoms with Crippen molar-refractivity contribution in [2.24, 2.45) is 5.92 Å². The Hall–Kier alpha value is -2.99. The molecule has 1 atom stereocenters. The van der Waals surface area contributed by atoms with Crippen LogP contribution < -0.4 is 0 Å². The fraction of sp³-hybridized carbons (Fsp3) is 0.348. The van der Waals surface area contributed by atoms with Crippen LogP contribution in [0.1, 0.15) is 40.5 Å². The molecule has 1 saturated heterocycles. The minimum atomic E-state index is -0.131. The van der Waals surface area contributed by atoms with Gasteiger partial charge in [-0.3, -0.25) is 4.79 Å². The Kier molecular flexibility index (Phi) is 6.00. The maximum absolute atomic E-state index is 13.0. The third-order valence-electron chi connectivity index (χ3n) is 5.43. The molecule has 1 aliphatic heterocycles. The maximum Gasteiger partial charge on any atom is 0.276 e. The second-order valence-corrected chi connectivity index (χ2v) is 7.52. The van der Waals surface area contributed by atoms with Gasteiger partial charge in [-0.25, -0.2) is 4.68 Å². The van der Waals surface area contributed by atoms with E-state index in [-0.39, 0.29) is 11.9 Å². The first-order valence-electron chi connectivity index (χ1n) is 10.1. The first-order valence-corrected chi connectivity index (χ1v) is 10.1. The van der Waals surface area contributed by atoms with Crippen molar-refractivity contribution in [2.75, 3.05) is 26.8 Å². The molecule has 0 N–H and O–H groups in total. The van der Waals surface area contributed by atoms with E-state index in [4.69, 9.17) is 4.74 Å². The zero-order valence-corrected chi connectivity index (χ0v) is 16.6. The van der Waals surface area contributed by atoms with E-state index < -0.39 is 0 Å². The summed E-state index contributed by atoms with van der Waals surface area (Å²) >= 11 is 0. The molecule has 0 unspecified atom stereocenters. The summed E-state index contributed by atoms with van der Waals surface area (Å²) in [5.74, 6) is 0.325. The fourth-order valence-electron chi connectivity index (χ4n) is 4.05. The number of carbonyl (C=O) groups is 1. The van der Waals surface area contributed by atoms with Crippen LogP contribution in [-0.2, 0) is 4.74 Å². The predicted molar refractivity (Wildman–Crippen MR) is 111 cm³/mol. The van der Waals surface area contributed by atoms with E-state index in [0.29, 0.717) is 24.8 Å². The summed E-state index contributed by atoms with van der Waals surface area (Å²) in [6, 6.07) is 20.2. The first-order chi connectivity index (χ1) is 14.3. The topological polar surface area (TPSA) is 60.2 Å². The molecule has 1 aliphatic rings. The van der Waals surface area contributed by atoms with Crippen molar-refractivity contribution in [1.82, 2.24) is 19.9 Å². The normalized spacial score (nSPS) is 16.9. The van der Waals surface area contributed by atoms with Crippen molar-refractivity contribution < 1.29 is 9.53 Å². The predicted octanol–water partition coefficient (Wildman–Crippen LogP) is 3.41. The second-order valence-electron chi connectivity index (χ2n) is 7.52. The highest BCUT2D eigenvalue weighted by molar-refractivity contribution is 5.92. The molecule has 0 bridgehead atoms. The molecule has 6 heteroatoms. The van der Waals surface area contributed by atoms with E-state index in [1.54, 1.807) is 18.0 Å². The SMILES string of the molecule is COC[C@H]1CCCN(C(=O)c2cn(C(c3ccccc3)c3ccccc3)nn2)C1. The summed E-state index contributed by atoms with van der Waals surface area (Å²) in [5, 5.41) is 8.56. The first kappa shape index (κ1) is 19.3. The van der Waals surface area contributed by atoms with Crippen LogP contribution >= 0.6 is 0 Å². The number of piperidine rings is 1. The highest BCUT2D eigenvalue weighted by atomic mass is 16.5. The van der Waals surface area contributed by atoms with E-state index in [9.17, 15) is 4.79 Å². The number of ether oxygens (including phenoxy) is 1. The van der Waals surface area contributed by atoms with Crippen LogP contribution in [0.5, 0.6) is 0 Å². The molecule has 4 rings (SSSR count). The molecule has 29 heavy (non-hydrogen) atoms. The summed E-state index contributed by atoms with van der Waals surface area (Å²) in [7, 11) is 1.71. The quantitative estimate of drug-likeness (QED) is 0.647. The Morgan fingerprint density at radius 3 is 2.38 bits per heavy atom. The molecule has 0 spiro atoms. The number of hydrogen-bond donors (Lipinski definition) is 0. The van der Waals surface area contributed by atoms with Gasteiger partial charge in [0.25, 0.3) is 5.91 Å². The molecule has 2 heterocycles. The van der Waals surface area contributed by atoms with Crippen LogP contribution in [0.25, 0.3) is 0 Å². The molecular formula is C23H26N4O2.